The predicted octanol–water partition coefficient (Wildman–Crippen LogP) is 3.57. The Morgan fingerprint density at radius 3 is 3.00 bits per heavy atom. The maximum atomic E-state index is 5.18. The minimum absolute atomic E-state index is 0.984. The third-order valence-electron chi connectivity index (χ3n) is 1.15. The molecule has 0 aliphatic rings. The van der Waals surface area contributed by atoms with Gasteiger partial charge in [-0.25, -0.2) is 0 Å². The smallest absolute Gasteiger partial charge is 0.114 e. The molecule has 0 aromatic carbocycles. The molecule has 0 bridgehead atoms. The first-order chi connectivity index (χ1) is 5.43. The van der Waals surface area contributed by atoms with Crippen LogP contribution in [0.5, 0.6) is 0 Å². The lowest BCUT2D eigenvalue weighted by Crippen LogP contribution is -1.72. The normalized spacial score (nSPS) is 10.3. The van der Waals surface area contributed by atoms with E-state index in [9.17, 15) is 0 Å². The zero-order chi connectivity index (χ0) is 7.94. The lowest BCUT2D eigenvalue weighted by molar-refractivity contribution is 0.530. The Balaban J connectivity index is 2.04. The Kier molecular flexibility index (Phi) is 4.62. The summed E-state index contributed by atoms with van der Waals surface area (Å²) in [5, 5.41) is 0. The summed E-state index contributed by atoms with van der Waals surface area (Å²) in [6.45, 7) is 2.19. The summed E-state index contributed by atoms with van der Waals surface area (Å²) in [6, 6.07) is 3.94. The van der Waals surface area contributed by atoms with Crippen LogP contribution in [0.2, 0.25) is 0 Å². The second kappa shape index (κ2) is 5.61. The summed E-state index contributed by atoms with van der Waals surface area (Å²) >= 11 is 0. The molecular weight excluding hydrogens is 176 g/mol. The van der Waals surface area contributed by atoms with E-state index in [0.29, 0.717) is 0 Å². The Hall–Kier alpha value is -0.0200. The van der Waals surface area contributed by atoms with E-state index in [0.717, 1.165) is 11.5 Å². The average molecular weight is 188 g/mol. The third kappa shape index (κ3) is 3.77. The molecule has 1 nitrogen and oxygen atoms in total. The van der Waals surface area contributed by atoms with Gasteiger partial charge in [0.1, 0.15) is 5.76 Å². The Labute approximate surface area is 75.3 Å². The van der Waals surface area contributed by atoms with Crippen molar-refractivity contribution < 1.29 is 4.42 Å². The molecular formula is C8H12OS2. The van der Waals surface area contributed by atoms with Crippen LogP contribution in [0.4, 0.5) is 0 Å². The number of furan rings is 1. The van der Waals surface area contributed by atoms with E-state index < -0.39 is 0 Å². The highest BCUT2D eigenvalue weighted by molar-refractivity contribution is 8.76. The SMILES string of the molecule is CCCSSCc1ccco1. The number of rotatable bonds is 5. The first kappa shape index (κ1) is 9.07. The van der Waals surface area contributed by atoms with Gasteiger partial charge in [0.25, 0.3) is 0 Å². The van der Waals surface area contributed by atoms with Gasteiger partial charge in [0, 0.05) is 5.75 Å². The predicted molar refractivity (Wildman–Crippen MR) is 52.8 cm³/mol. The fraction of sp³-hybridized carbons (Fsp3) is 0.500. The van der Waals surface area contributed by atoms with Crippen LogP contribution >= 0.6 is 21.6 Å². The molecule has 62 valence electrons. The van der Waals surface area contributed by atoms with Crippen LogP contribution in [0, 0.1) is 0 Å². The van der Waals surface area contributed by atoms with Gasteiger partial charge in [0.15, 0.2) is 0 Å². The maximum absolute atomic E-state index is 5.18. The quantitative estimate of drug-likeness (QED) is 0.518. The molecule has 0 aliphatic carbocycles. The van der Waals surface area contributed by atoms with Crippen LogP contribution in [0.1, 0.15) is 19.1 Å². The third-order valence-corrected chi connectivity index (χ3v) is 3.65. The topological polar surface area (TPSA) is 13.1 Å². The molecule has 1 aromatic rings. The lowest BCUT2D eigenvalue weighted by Gasteiger charge is -1.95. The van der Waals surface area contributed by atoms with Gasteiger partial charge in [0.2, 0.25) is 0 Å². The molecule has 11 heavy (non-hydrogen) atoms. The first-order valence-electron chi connectivity index (χ1n) is 3.70. The molecule has 0 fully saturated rings. The van der Waals surface area contributed by atoms with Crippen molar-refractivity contribution in [3.63, 3.8) is 0 Å². The van der Waals surface area contributed by atoms with Crippen LogP contribution in [0.25, 0.3) is 0 Å². The molecule has 0 amide bonds. The zero-order valence-electron chi connectivity index (χ0n) is 6.58. The van der Waals surface area contributed by atoms with E-state index in [2.05, 4.69) is 6.92 Å². The van der Waals surface area contributed by atoms with E-state index in [1.807, 2.05) is 33.7 Å². The molecule has 0 saturated carbocycles. The molecule has 1 heterocycles. The molecule has 0 aliphatic heterocycles. The van der Waals surface area contributed by atoms with Gasteiger partial charge >= 0.3 is 0 Å². The first-order valence-corrected chi connectivity index (χ1v) is 6.19. The fourth-order valence-corrected chi connectivity index (χ4v) is 2.74. The Bertz CT molecular complexity index is 172. The van der Waals surface area contributed by atoms with Crippen molar-refractivity contribution in [3.05, 3.63) is 24.2 Å². The van der Waals surface area contributed by atoms with Crippen LogP contribution in [-0.4, -0.2) is 5.75 Å². The van der Waals surface area contributed by atoms with Crippen LogP contribution in [0.3, 0.4) is 0 Å². The van der Waals surface area contributed by atoms with Crippen LogP contribution in [0.15, 0.2) is 22.8 Å². The summed E-state index contributed by atoms with van der Waals surface area (Å²) in [7, 11) is 3.77. The van der Waals surface area contributed by atoms with Crippen molar-refractivity contribution in [2.45, 2.75) is 19.1 Å². The van der Waals surface area contributed by atoms with Gasteiger partial charge in [-0.3, -0.25) is 0 Å². The maximum Gasteiger partial charge on any atom is 0.114 e. The van der Waals surface area contributed by atoms with Gasteiger partial charge in [-0.15, -0.1) is 0 Å². The van der Waals surface area contributed by atoms with Crippen molar-refractivity contribution in [2.75, 3.05) is 5.75 Å². The van der Waals surface area contributed by atoms with E-state index in [4.69, 9.17) is 4.42 Å². The van der Waals surface area contributed by atoms with E-state index in [-0.39, 0.29) is 0 Å². The van der Waals surface area contributed by atoms with Crippen molar-refractivity contribution in [1.29, 1.82) is 0 Å². The summed E-state index contributed by atoms with van der Waals surface area (Å²) < 4.78 is 5.18. The second-order valence-electron chi connectivity index (χ2n) is 2.16. The van der Waals surface area contributed by atoms with E-state index in [1.165, 1.54) is 12.2 Å². The van der Waals surface area contributed by atoms with Gasteiger partial charge in [-0.05, 0) is 18.6 Å². The molecule has 0 saturated heterocycles. The van der Waals surface area contributed by atoms with Crippen molar-refractivity contribution >= 4 is 21.6 Å². The highest BCUT2D eigenvalue weighted by atomic mass is 33.1. The Morgan fingerprint density at radius 2 is 2.36 bits per heavy atom. The van der Waals surface area contributed by atoms with Crippen LogP contribution < -0.4 is 0 Å². The summed E-state index contributed by atoms with van der Waals surface area (Å²) in [5.41, 5.74) is 0. The second-order valence-corrected chi connectivity index (χ2v) is 4.75. The van der Waals surface area contributed by atoms with Gasteiger partial charge in [-0.1, -0.05) is 28.5 Å². The summed E-state index contributed by atoms with van der Waals surface area (Å²) in [5.74, 6) is 3.28. The highest BCUT2D eigenvalue weighted by Crippen LogP contribution is 2.26. The highest BCUT2D eigenvalue weighted by Gasteiger charge is 1.94. The standard InChI is InChI=1S/C8H12OS2/c1-2-6-10-11-7-8-4-3-5-9-8/h3-5H,2,6-7H2,1H3. The lowest BCUT2D eigenvalue weighted by atomic mass is 10.5. The molecule has 1 aromatic heterocycles. The molecule has 0 atom stereocenters. The molecule has 0 spiro atoms. The molecule has 1 rings (SSSR count). The largest absolute Gasteiger partial charge is 0.468 e. The van der Waals surface area contributed by atoms with E-state index in [1.54, 1.807) is 6.26 Å². The minimum Gasteiger partial charge on any atom is -0.468 e. The van der Waals surface area contributed by atoms with Crippen molar-refractivity contribution in [3.8, 4) is 0 Å². The monoisotopic (exact) mass is 188 g/mol. The fourth-order valence-electron chi connectivity index (χ4n) is 0.637. The molecule has 3 heteroatoms. The summed E-state index contributed by atoms with van der Waals surface area (Å²) in [4.78, 5) is 0. The van der Waals surface area contributed by atoms with Gasteiger partial charge in [-0.2, -0.15) is 0 Å². The van der Waals surface area contributed by atoms with E-state index >= 15 is 0 Å². The molecule has 0 N–H and O–H groups in total. The Morgan fingerprint density at radius 1 is 1.45 bits per heavy atom. The number of hydrogen-bond donors (Lipinski definition) is 0. The summed E-state index contributed by atoms with van der Waals surface area (Å²) in [6.07, 6.45) is 2.97. The van der Waals surface area contributed by atoms with Crippen molar-refractivity contribution in [1.82, 2.24) is 0 Å². The van der Waals surface area contributed by atoms with Gasteiger partial charge < -0.3 is 4.42 Å². The molecule has 0 radical (unpaired) electrons. The molecule has 0 unspecified atom stereocenters. The van der Waals surface area contributed by atoms with Crippen molar-refractivity contribution in [2.24, 2.45) is 0 Å². The zero-order valence-corrected chi connectivity index (χ0v) is 8.21. The minimum atomic E-state index is 0.984. The van der Waals surface area contributed by atoms with Gasteiger partial charge in [0.05, 0.1) is 12.0 Å². The number of hydrogen-bond acceptors (Lipinski definition) is 3. The van der Waals surface area contributed by atoms with Crippen LogP contribution in [-0.2, 0) is 5.75 Å². The average Bonchev–Trinajstić information content (AvgIpc) is 2.50.